The quantitative estimate of drug-likeness (QED) is 0.120. The Labute approximate surface area is 283 Å². The molecule has 0 bridgehead atoms. The van der Waals surface area contributed by atoms with E-state index in [1.54, 1.807) is 13.8 Å². The van der Waals surface area contributed by atoms with Gasteiger partial charge in [0, 0.05) is 18.0 Å². The fourth-order valence-corrected chi connectivity index (χ4v) is 2.56. The fourth-order valence-electron chi connectivity index (χ4n) is 2.56. The summed E-state index contributed by atoms with van der Waals surface area (Å²) in [5, 5.41) is 10.1. The Morgan fingerprint density at radius 2 is 1.17 bits per heavy atom. The maximum absolute atomic E-state index is 11.8. The standard InChI is InChI=1S/C19H38O4.C7H14O2.C6H12O2.CH4.Na.H/c1-6-8-9-10-11-12-13-22-17(3)16-21-14-15-23-18(20)19(4,5)7-2;1-5-7(2,3)6(8)9-4;1-4-6(2,3)5(7)8;;;/h17H,6-16H2,1-5H3;5H2,1-4H3;4H2,1-3H3,(H,7,8);1H4;;/q;;;;+1;-1/p-1. The van der Waals surface area contributed by atoms with Crippen LogP contribution in [-0.4, -0.2) is 57.5 Å². The first-order chi connectivity index (χ1) is 18.5. The molecule has 9 heteroatoms. The van der Waals surface area contributed by atoms with Crippen LogP contribution in [0.1, 0.15) is 143 Å². The molecule has 0 aliphatic carbocycles. The number of rotatable bonds is 19. The van der Waals surface area contributed by atoms with E-state index in [2.05, 4.69) is 11.7 Å². The number of ether oxygens (including phenoxy) is 4. The van der Waals surface area contributed by atoms with Gasteiger partial charge in [-0.1, -0.05) is 81.1 Å². The summed E-state index contributed by atoms with van der Waals surface area (Å²) in [6.45, 7) is 23.0. The number of carbonyl (C=O) groups excluding carboxylic acids is 3. The van der Waals surface area contributed by atoms with E-state index in [4.69, 9.17) is 14.2 Å². The van der Waals surface area contributed by atoms with Gasteiger partial charge in [-0.05, 0) is 60.3 Å². The zero-order valence-electron chi connectivity index (χ0n) is 30.0. The molecule has 0 aromatic rings. The molecule has 0 saturated heterocycles. The maximum Gasteiger partial charge on any atom is 1.00 e. The van der Waals surface area contributed by atoms with Crippen molar-refractivity contribution in [3.63, 3.8) is 0 Å². The molecule has 0 aliphatic heterocycles. The average molecular weight is 616 g/mol. The largest absolute Gasteiger partial charge is 1.00 e. The van der Waals surface area contributed by atoms with Crippen LogP contribution in [0.2, 0.25) is 0 Å². The fraction of sp³-hybridized carbons (Fsp3) is 0.909. The summed E-state index contributed by atoms with van der Waals surface area (Å²) in [4.78, 5) is 32.7. The van der Waals surface area contributed by atoms with Crippen LogP contribution in [-0.2, 0) is 33.3 Å². The van der Waals surface area contributed by atoms with Gasteiger partial charge < -0.3 is 30.3 Å². The van der Waals surface area contributed by atoms with Gasteiger partial charge in [0.15, 0.2) is 0 Å². The van der Waals surface area contributed by atoms with Crippen LogP contribution in [0.5, 0.6) is 0 Å². The summed E-state index contributed by atoms with van der Waals surface area (Å²) in [7, 11) is 1.42. The monoisotopic (exact) mass is 615 g/mol. The molecule has 0 aromatic heterocycles. The number of hydrogen-bond donors (Lipinski definition) is 0. The third-order valence-electron chi connectivity index (χ3n) is 7.21. The molecule has 0 heterocycles. The molecule has 0 radical (unpaired) electrons. The number of unbranched alkanes of at least 4 members (excludes halogenated alkanes) is 5. The van der Waals surface area contributed by atoms with Crippen LogP contribution < -0.4 is 34.7 Å². The molecular formula is C33H68NaO8-. The van der Waals surface area contributed by atoms with Crippen molar-refractivity contribution in [1.82, 2.24) is 0 Å². The van der Waals surface area contributed by atoms with Gasteiger partial charge in [-0.25, -0.2) is 0 Å². The Morgan fingerprint density at radius 1 is 0.714 bits per heavy atom. The van der Waals surface area contributed by atoms with Gasteiger partial charge in [0.1, 0.15) is 6.61 Å². The van der Waals surface area contributed by atoms with E-state index in [1.165, 1.54) is 39.2 Å². The van der Waals surface area contributed by atoms with Gasteiger partial charge in [0.25, 0.3) is 0 Å². The van der Waals surface area contributed by atoms with Gasteiger partial charge in [-0.2, -0.15) is 0 Å². The first-order valence-electron chi connectivity index (χ1n) is 15.1. The van der Waals surface area contributed by atoms with Crippen molar-refractivity contribution in [2.45, 2.75) is 147 Å². The normalized spacial score (nSPS) is 11.7. The molecule has 0 spiro atoms. The summed E-state index contributed by atoms with van der Waals surface area (Å²) < 4.78 is 21.0. The van der Waals surface area contributed by atoms with Crippen LogP contribution in [0, 0.1) is 16.2 Å². The Balaban J connectivity index is -0.000000142. The van der Waals surface area contributed by atoms with E-state index in [-0.39, 0.29) is 61.9 Å². The summed E-state index contributed by atoms with van der Waals surface area (Å²) in [5.41, 5.74) is -1.37. The smallest absolute Gasteiger partial charge is 1.00 e. The number of carboxylic acid groups (broad SMARTS) is 1. The van der Waals surface area contributed by atoms with Crippen molar-refractivity contribution in [3.05, 3.63) is 0 Å². The topological polar surface area (TPSA) is 111 Å². The zero-order valence-corrected chi connectivity index (χ0v) is 31.0. The Bertz CT molecular complexity index is 669. The predicted molar refractivity (Wildman–Crippen MR) is 168 cm³/mol. The molecule has 8 nitrogen and oxygen atoms in total. The number of carboxylic acids is 1. The van der Waals surface area contributed by atoms with Crippen molar-refractivity contribution < 1.29 is 69.4 Å². The van der Waals surface area contributed by atoms with Gasteiger partial charge in [-0.3, -0.25) is 9.59 Å². The van der Waals surface area contributed by atoms with Crippen molar-refractivity contribution in [2.24, 2.45) is 16.2 Å². The van der Waals surface area contributed by atoms with Crippen LogP contribution in [0.25, 0.3) is 0 Å². The molecule has 0 saturated carbocycles. The second-order valence-electron chi connectivity index (χ2n) is 12.2. The number of aliphatic carboxylic acids is 1. The van der Waals surface area contributed by atoms with E-state index in [1.807, 2.05) is 55.4 Å². The van der Waals surface area contributed by atoms with E-state index in [0.29, 0.717) is 26.2 Å². The molecule has 250 valence electrons. The number of esters is 2. The molecule has 0 N–H and O–H groups in total. The van der Waals surface area contributed by atoms with E-state index in [0.717, 1.165) is 25.9 Å². The maximum atomic E-state index is 11.8. The van der Waals surface area contributed by atoms with Crippen LogP contribution in [0.15, 0.2) is 0 Å². The molecule has 0 fully saturated rings. The minimum absolute atomic E-state index is 0. The molecule has 42 heavy (non-hydrogen) atoms. The SMILES string of the molecule is C.CCC(C)(C)C(=O)OC.CCC(C)(C)C(=O)[O-].CCCCCCCCOC(C)COCCOC(=O)C(C)(C)CC.[H-].[Na+]. The van der Waals surface area contributed by atoms with Gasteiger partial charge in [0.2, 0.25) is 0 Å². The van der Waals surface area contributed by atoms with Crippen LogP contribution >= 0.6 is 0 Å². The minimum Gasteiger partial charge on any atom is -1.00 e. The molecule has 0 aromatic carbocycles. The molecule has 0 aliphatic rings. The van der Waals surface area contributed by atoms with Crippen molar-refractivity contribution in [2.75, 3.05) is 33.5 Å². The molecule has 0 amide bonds. The molecule has 1 atom stereocenters. The average Bonchev–Trinajstić information content (AvgIpc) is 2.92. The first-order valence-corrected chi connectivity index (χ1v) is 15.1. The molecule has 1 unspecified atom stereocenters. The van der Waals surface area contributed by atoms with Gasteiger partial charge in [-0.15, -0.1) is 0 Å². The third kappa shape index (κ3) is 28.1. The molecule has 0 rings (SSSR count). The predicted octanol–water partition coefficient (Wildman–Crippen LogP) is 4.27. The summed E-state index contributed by atoms with van der Waals surface area (Å²) >= 11 is 0. The Morgan fingerprint density at radius 3 is 1.55 bits per heavy atom. The molecular weight excluding hydrogens is 547 g/mol. The Hall–Kier alpha value is -0.670. The van der Waals surface area contributed by atoms with E-state index < -0.39 is 16.8 Å². The summed E-state index contributed by atoms with van der Waals surface area (Å²) in [6, 6.07) is 0. The minimum atomic E-state index is -0.972. The van der Waals surface area contributed by atoms with Gasteiger partial charge >= 0.3 is 41.5 Å². The van der Waals surface area contributed by atoms with Crippen molar-refractivity contribution >= 4 is 17.9 Å². The Kier molecular flexibility index (Phi) is 35.2. The number of carbonyl (C=O) groups is 3. The van der Waals surface area contributed by atoms with E-state index in [9.17, 15) is 19.5 Å². The van der Waals surface area contributed by atoms with Crippen molar-refractivity contribution in [3.8, 4) is 0 Å². The zero-order chi connectivity index (χ0) is 31.8. The summed E-state index contributed by atoms with van der Waals surface area (Å²) in [6.07, 6.45) is 9.94. The van der Waals surface area contributed by atoms with Crippen LogP contribution in [0.4, 0.5) is 0 Å². The van der Waals surface area contributed by atoms with Crippen LogP contribution in [0.3, 0.4) is 0 Å². The second kappa shape index (κ2) is 29.1. The number of hydrogen-bond acceptors (Lipinski definition) is 8. The first kappa shape index (κ1) is 50.9. The second-order valence-corrected chi connectivity index (χ2v) is 12.2. The van der Waals surface area contributed by atoms with E-state index >= 15 is 0 Å². The van der Waals surface area contributed by atoms with Crippen molar-refractivity contribution in [1.29, 1.82) is 0 Å². The number of methoxy groups -OCH3 is 1. The third-order valence-corrected chi connectivity index (χ3v) is 7.21. The van der Waals surface area contributed by atoms with Gasteiger partial charge in [0.05, 0.1) is 37.3 Å². The summed E-state index contributed by atoms with van der Waals surface area (Å²) in [5.74, 6) is -1.26.